The first-order chi connectivity index (χ1) is 12.1. The van der Waals surface area contributed by atoms with Crippen molar-refractivity contribution in [2.75, 3.05) is 20.1 Å². The van der Waals surface area contributed by atoms with Gasteiger partial charge in [0.05, 0.1) is 12.1 Å². The minimum absolute atomic E-state index is 0.105. The van der Waals surface area contributed by atoms with Crippen LogP contribution >= 0.6 is 0 Å². The van der Waals surface area contributed by atoms with Crippen LogP contribution in [0.3, 0.4) is 0 Å². The molecule has 2 aromatic heterocycles. The predicted molar refractivity (Wildman–Crippen MR) is 93.0 cm³/mol. The number of amides is 1. The lowest BCUT2D eigenvalue weighted by molar-refractivity contribution is 0.0606. The van der Waals surface area contributed by atoms with Gasteiger partial charge in [-0.15, -0.1) is 0 Å². The van der Waals surface area contributed by atoms with Crippen LogP contribution < -0.4 is 0 Å². The zero-order valence-corrected chi connectivity index (χ0v) is 14.7. The molecule has 2 saturated heterocycles. The zero-order valence-electron chi connectivity index (χ0n) is 14.7. The van der Waals surface area contributed by atoms with Crippen LogP contribution in [0.25, 0.3) is 0 Å². The van der Waals surface area contributed by atoms with Gasteiger partial charge < -0.3 is 4.90 Å². The number of aryl methyl sites for hydroxylation is 1. The van der Waals surface area contributed by atoms with Crippen LogP contribution in [0, 0.1) is 12.8 Å². The Kier molecular flexibility index (Phi) is 4.25. The van der Waals surface area contributed by atoms with Crippen LogP contribution in [-0.2, 0) is 6.54 Å². The van der Waals surface area contributed by atoms with Crippen molar-refractivity contribution < 1.29 is 4.79 Å². The first kappa shape index (κ1) is 16.2. The van der Waals surface area contributed by atoms with Crippen molar-refractivity contribution in [1.29, 1.82) is 0 Å². The summed E-state index contributed by atoms with van der Waals surface area (Å²) in [5.74, 6) is 0.628. The first-order valence-electron chi connectivity index (χ1n) is 8.88. The van der Waals surface area contributed by atoms with E-state index in [2.05, 4.69) is 27.0 Å². The summed E-state index contributed by atoms with van der Waals surface area (Å²) in [5.41, 5.74) is 1.62. The molecular weight excluding hydrogens is 316 g/mol. The maximum absolute atomic E-state index is 12.8. The van der Waals surface area contributed by atoms with E-state index in [4.69, 9.17) is 0 Å². The van der Waals surface area contributed by atoms with E-state index >= 15 is 0 Å². The molecule has 1 amide bonds. The van der Waals surface area contributed by atoms with E-state index in [-0.39, 0.29) is 5.91 Å². The summed E-state index contributed by atoms with van der Waals surface area (Å²) in [6.07, 6.45) is 7.17. The minimum Gasteiger partial charge on any atom is -0.338 e. The Bertz CT molecular complexity index is 729. The van der Waals surface area contributed by atoms with E-state index in [1.807, 2.05) is 28.6 Å². The van der Waals surface area contributed by atoms with E-state index < -0.39 is 0 Å². The third-order valence-electron chi connectivity index (χ3n) is 5.68. The second-order valence-electron chi connectivity index (χ2n) is 7.23. The minimum atomic E-state index is 0.105. The first-order valence-corrected chi connectivity index (χ1v) is 8.88. The summed E-state index contributed by atoms with van der Waals surface area (Å²) in [6.45, 7) is 4.44. The van der Waals surface area contributed by atoms with Crippen molar-refractivity contribution in [2.45, 2.75) is 38.4 Å². The van der Waals surface area contributed by atoms with Crippen LogP contribution in [0.2, 0.25) is 0 Å². The van der Waals surface area contributed by atoms with Gasteiger partial charge in [-0.25, -0.2) is 4.98 Å². The Morgan fingerprint density at radius 2 is 2.24 bits per heavy atom. The third kappa shape index (κ3) is 3.16. The fourth-order valence-corrected chi connectivity index (χ4v) is 4.28. The molecule has 7 heteroatoms. The number of carbonyl (C=O) groups is 1. The molecule has 132 valence electrons. The molecular formula is C18H24N6O. The molecule has 0 radical (unpaired) electrons. The number of rotatable bonds is 3. The van der Waals surface area contributed by atoms with Crippen molar-refractivity contribution in [3.63, 3.8) is 0 Å². The summed E-state index contributed by atoms with van der Waals surface area (Å²) >= 11 is 0. The van der Waals surface area contributed by atoms with Crippen LogP contribution in [0.4, 0.5) is 0 Å². The number of piperidine rings is 1. The Morgan fingerprint density at radius 1 is 1.36 bits per heavy atom. The maximum Gasteiger partial charge on any atom is 0.255 e. The van der Waals surface area contributed by atoms with Gasteiger partial charge in [0.15, 0.2) is 0 Å². The lowest BCUT2D eigenvalue weighted by Crippen LogP contribution is -2.47. The molecule has 0 bridgehead atoms. The summed E-state index contributed by atoms with van der Waals surface area (Å²) in [5, 5.41) is 4.23. The Morgan fingerprint density at radius 3 is 2.96 bits per heavy atom. The topological polar surface area (TPSA) is 67.2 Å². The molecule has 7 nitrogen and oxygen atoms in total. The molecule has 25 heavy (non-hydrogen) atoms. The molecule has 4 heterocycles. The normalized spacial score (nSPS) is 26.6. The van der Waals surface area contributed by atoms with E-state index in [0.29, 0.717) is 23.6 Å². The highest BCUT2D eigenvalue weighted by atomic mass is 16.2. The van der Waals surface area contributed by atoms with Gasteiger partial charge in [0.25, 0.3) is 5.91 Å². The summed E-state index contributed by atoms with van der Waals surface area (Å²) < 4.78 is 1.90. The van der Waals surface area contributed by atoms with Crippen LogP contribution in [0.5, 0.6) is 0 Å². The van der Waals surface area contributed by atoms with Crippen molar-refractivity contribution in [3.05, 3.63) is 42.2 Å². The number of nitrogens with zero attached hydrogens (tertiary/aromatic N) is 6. The van der Waals surface area contributed by atoms with E-state index in [1.54, 1.807) is 18.9 Å². The molecule has 0 unspecified atom stereocenters. The second-order valence-corrected chi connectivity index (χ2v) is 7.23. The molecule has 0 spiro atoms. The highest BCUT2D eigenvalue weighted by Gasteiger charge is 2.43. The Labute approximate surface area is 147 Å². The molecule has 2 aliphatic rings. The number of likely N-dealkylation sites (N-methyl/N-ethyl adjacent to an activating group) is 1. The quantitative estimate of drug-likeness (QED) is 0.840. The SMILES string of the molecule is Cc1ccc(C(=O)N2CC[C@@H]3[C@@H](C[C@H](Cn4cncn4)N3C)C2)cn1. The highest BCUT2D eigenvalue weighted by molar-refractivity contribution is 5.94. The van der Waals surface area contributed by atoms with Crippen molar-refractivity contribution >= 4 is 5.91 Å². The van der Waals surface area contributed by atoms with Crippen LogP contribution in [-0.4, -0.2) is 67.7 Å². The molecule has 4 rings (SSSR count). The zero-order chi connectivity index (χ0) is 17.4. The number of fused-ring (bicyclic) bond motifs is 1. The second kappa shape index (κ2) is 6.55. The van der Waals surface area contributed by atoms with Crippen LogP contribution in [0.1, 0.15) is 28.9 Å². The van der Waals surface area contributed by atoms with Gasteiger partial charge in [0.1, 0.15) is 12.7 Å². The molecule has 3 atom stereocenters. The number of hydrogen-bond acceptors (Lipinski definition) is 5. The van der Waals surface area contributed by atoms with Gasteiger partial charge in [0.2, 0.25) is 0 Å². The van der Waals surface area contributed by atoms with E-state index in [9.17, 15) is 4.79 Å². The van der Waals surface area contributed by atoms with Crippen molar-refractivity contribution in [2.24, 2.45) is 5.92 Å². The van der Waals surface area contributed by atoms with E-state index in [0.717, 1.165) is 38.2 Å². The molecule has 0 saturated carbocycles. The van der Waals surface area contributed by atoms with Gasteiger partial charge in [-0.1, -0.05) is 0 Å². The average Bonchev–Trinajstić information content (AvgIpc) is 3.24. The van der Waals surface area contributed by atoms with Gasteiger partial charge >= 0.3 is 0 Å². The maximum atomic E-state index is 12.8. The summed E-state index contributed by atoms with van der Waals surface area (Å²) in [6, 6.07) is 4.78. The molecule has 2 aromatic rings. The number of likely N-dealkylation sites (tertiary alicyclic amines) is 2. The molecule has 0 aromatic carbocycles. The Hall–Kier alpha value is -2.28. The standard InChI is InChI=1S/C18H24N6O/c1-13-3-4-14(8-20-13)18(25)23-6-5-17-15(9-23)7-16(22(17)2)10-24-12-19-11-21-24/h3-4,8,11-12,15-17H,5-7,9-10H2,1-2H3/t15-,16+,17+/m0/s1. The smallest absolute Gasteiger partial charge is 0.255 e. The largest absolute Gasteiger partial charge is 0.338 e. The molecule has 2 aliphatic heterocycles. The molecule has 2 fully saturated rings. The summed E-state index contributed by atoms with van der Waals surface area (Å²) in [4.78, 5) is 25.5. The Balaban J connectivity index is 1.42. The number of aromatic nitrogens is 4. The van der Waals surface area contributed by atoms with Crippen LogP contribution in [0.15, 0.2) is 31.0 Å². The number of hydrogen-bond donors (Lipinski definition) is 0. The van der Waals surface area contributed by atoms with E-state index in [1.165, 1.54) is 0 Å². The number of carbonyl (C=O) groups excluding carboxylic acids is 1. The third-order valence-corrected chi connectivity index (χ3v) is 5.68. The summed E-state index contributed by atoms with van der Waals surface area (Å²) in [7, 11) is 2.20. The fraction of sp³-hybridized carbons (Fsp3) is 0.556. The average molecular weight is 340 g/mol. The fourth-order valence-electron chi connectivity index (χ4n) is 4.28. The lowest BCUT2D eigenvalue weighted by atomic mass is 9.92. The van der Waals surface area contributed by atoms with Crippen molar-refractivity contribution in [3.8, 4) is 0 Å². The molecule has 0 N–H and O–H groups in total. The highest BCUT2D eigenvalue weighted by Crippen LogP contribution is 2.35. The van der Waals surface area contributed by atoms with Gasteiger partial charge in [-0.3, -0.25) is 19.4 Å². The number of pyridine rings is 1. The molecule has 0 aliphatic carbocycles. The lowest BCUT2D eigenvalue weighted by Gasteiger charge is -2.37. The predicted octanol–water partition coefficient (Wildman–Crippen LogP) is 1.22. The van der Waals surface area contributed by atoms with Gasteiger partial charge in [-0.2, -0.15) is 5.10 Å². The van der Waals surface area contributed by atoms with Gasteiger partial charge in [0, 0.05) is 37.1 Å². The van der Waals surface area contributed by atoms with Crippen molar-refractivity contribution in [1.82, 2.24) is 29.5 Å². The monoisotopic (exact) mass is 340 g/mol. The van der Waals surface area contributed by atoms with Gasteiger partial charge in [-0.05, 0) is 44.9 Å².